The van der Waals surface area contributed by atoms with Crippen LogP contribution in [0.25, 0.3) is 0 Å². The largest absolute Gasteiger partial charge is 0.382 e. The van der Waals surface area contributed by atoms with Crippen LogP contribution >= 0.6 is 0 Å². The molecule has 0 radical (unpaired) electrons. The van der Waals surface area contributed by atoms with Crippen LogP contribution in [0.2, 0.25) is 0 Å². The molecule has 0 amide bonds. The molecule has 0 saturated heterocycles. The van der Waals surface area contributed by atoms with Gasteiger partial charge in [-0.15, -0.1) is 0 Å². The smallest absolute Gasteiger partial charge is 0.0784 e. The molecule has 0 spiro atoms. The van der Waals surface area contributed by atoms with Crippen molar-refractivity contribution in [2.45, 2.75) is 39.0 Å². The normalized spacial score (nSPS) is 16.3. The number of rotatable bonds is 7. The SMILES string of the molecule is CNC(c1ccc(C)cc1)C(C)OC(C)COC. The van der Waals surface area contributed by atoms with Crippen molar-refractivity contribution < 1.29 is 9.47 Å². The van der Waals surface area contributed by atoms with E-state index >= 15 is 0 Å². The Balaban J connectivity index is 2.67. The number of ether oxygens (including phenoxy) is 2. The van der Waals surface area contributed by atoms with Gasteiger partial charge in [0, 0.05) is 7.11 Å². The summed E-state index contributed by atoms with van der Waals surface area (Å²) in [5.74, 6) is 0. The first kappa shape index (κ1) is 15.2. The standard InChI is InChI=1S/C15H25NO2/c1-11-6-8-14(9-7-11)15(16-4)13(3)18-12(2)10-17-5/h6-9,12-13,15-16H,10H2,1-5H3. The molecular weight excluding hydrogens is 226 g/mol. The van der Waals surface area contributed by atoms with Crippen molar-refractivity contribution in [1.29, 1.82) is 0 Å². The molecule has 0 bridgehead atoms. The lowest BCUT2D eigenvalue weighted by Gasteiger charge is -2.27. The number of hydrogen-bond donors (Lipinski definition) is 1. The Morgan fingerprint density at radius 2 is 1.78 bits per heavy atom. The predicted octanol–water partition coefficient (Wildman–Crippen LogP) is 2.70. The Labute approximate surface area is 110 Å². The van der Waals surface area contributed by atoms with E-state index in [9.17, 15) is 0 Å². The maximum absolute atomic E-state index is 5.94. The highest BCUT2D eigenvalue weighted by atomic mass is 16.5. The van der Waals surface area contributed by atoms with Gasteiger partial charge >= 0.3 is 0 Å². The van der Waals surface area contributed by atoms with Crippen molar-refractivity contribution in [3.05, 3.63) is 35.4 Å². The summed E-state index contributed by atoms with van der Waals surface area (Å²) >= 11 is 0. The molecule has 0 aromatic heterocycles. The minimum absolute atomic E-state index is 0.0999. The molecule has 1 aromatic rings. The Morgan fingerprint density at radius 1 is 1.17 bits per heavy atom. The van der Waals surface area contributed by atoms with Crippen molar-refractivity contribution >= 4 is 0 Å². The number of benzene rings is 1. The van der Waals surface area contributed by atoms with Crippen LogP contribution in [0.1, 0.15) is 31.0 Å². The van der Waals surface area contributed by atoms with Gasteiger partial charge in [0.2, 0.25) is 0 Å². The van der Waals surface area contributed by atoms with Crippen molar-refractivity contribution in [1.82, 2.24) is 5.32 Å². The minimum atomic E-state index is 0.0999. The first-order valence-electron chi connectivity index (χ1n) is 6.46. The highest BCUT2D eigenvalue weighted by Gasteiger charge is 2.20. The van der Waals surface area contributed by atoms with E-state index in [1.54, 1.807) is 7.11 Å². The van der Waals surface area contributed by atoms with Crippen LogP contribution < -0.4 is 5.32 Å². The van der Waals surface area contributed by atoms with Crippen LogP contribution in [0.5, 0.6) is 0 Å². The second-order valence-corrected chi connectivity index (χ2v) is 4.78. The van der Waals surface area contributed by atoms with E-state index in [1.165, 1.54) is 11.1 Å². The summed E-state index contributed by atoms with van der Waals surface area (Å²) in [6.45, 7) is 6.84. The highest BCUT2D eigenvalue weighted by molar-refractivity contribution is 5.24. The summed E-state index contributed by atoms with van der Waals surface area (Å²) in [5.41, 5.74) is 2.52. The molecule has 3 heteroatoms. The van der Waals surface area contributed by atoms with Gasteiger partial charge in [0.05, 0.1) is 24.9 Å². The van der Waals surface area contributed by atoms with Gasteiger partial charge in [-0.1, -0.05) is 29.8 Å². The van der Waals surface area contributed by atoms with Crippen LogP contribution in [0, 0.1) is 6.92 Å². The molecule has 1 aromatic carbocycles. The van der Waals surface area contributed by atoms with Gasteiger partial charge in [-0.3, -0.25) is 0 Å². The Morgan fingerprint density at radius 3 is 2.28 bits per heavy atom. The van der Waals surface area contributed by atoms with Gasteiger partial charge in [0.1, 0.15) is 0 Å². The summed E-state index contributed by atoms with van der Waals surface area (Å²) < 4.78 is 11.0. The van der Waals surface area contributed by atoms with Gasteiger partial charge in [0.15, 0.2) is 0 Å². The zero-order chi connectivity index (χ0) is 13.5. The monoisotopic (exact) mass is 251 g/mol. The molecule has 0 aliphatic heterocycles. The minimum Gasteiger partial charge on any atom is -0.382 e. The van der Waals surface area contributed by atoms with Crippen molar-refractivity contribution in [3.63, 3.8) is 0 Å². The van der Waals surface area contributed by atoms with E-state index in [-0.39, 0.29) is 18.2 Å². The molecule has 3 nitrogen and oxygen atoms in total. The molecule has 0 heterocycles. The van der Waals surface area contributed by atoms with E-state index in [4.69, 9.17) is 9.47 Å². The molecule has 18 heavy (non-hydrogen) atoms. The summed E-state index contributed by atoms with van der Waals surface area (Å²) in [6.07, 6.45) is 0.203. The molecule has 3 unspecified atom stereocenters. The number of nitrogens with one attached hydrogen (secondary N) is 1. The van der Waals surface area contributed by atoms with Crippen LogP contribution in [0.15, 0.2) is 24.3 Å². The van der Waals surface area contributed by atoms with Crippen LogP contribution in [-0.4, -0.2) is 33.0 Å². The fraction of sp³-hybridized carbons (Fsp3) is 0.600. The maximum atomic E-state index is 5.94. The second-order valence-electron chi connectivity index (χ2n) is 4.78. The Kier molecular flexibility index (Phi) is 6.33. The molecule has 0 aliphatic carbocycles. The van der Waals surface area contributed by atoms with E-state index in [1.807, 2.05) is 14.0 Å². The van der Waals surface area contributed by atoms with Gasteiger partial charge < -0.3 is 14.8 Å². The van der Waals surface area contributed by atoms with E-state index < -0.39 is 0 Å². The van der Waals surface area contributed by atoms with E-state index in [2.05, 4.69) is 43.4 Å². The molecule has 102 valence electrons. The first-order chi connectivity index (χ1) is 8.58. The quantitative estimate of drug-likeness (QED) is 0.808. The van der Waals surface area contributed by atoms with Gasteiger partial charge in [-0.25, -0.2) is 0 Å². The number of aryl methyl sites for hydroxylation is 1. The zero-order valence-corrected chi connectivity index (χ0v) is 12.1. The summed E-state index contributed by atoms with van der Waals surface area (Å²) in [7, 11) is 3.66. The van der Waals surface area contributed by atoms with Crippen molar-refractivity contribution in [2.24, 2.45) is 0 Å². The van der Waals surface area contributed by atoms with E-state index in [0.717, 1.165) is 0 Å². The Hall–Kier alpha value is -0.900. The lowest BCUT2D eigenvalue weighted by atomic mass is 10.0. The molecule has 1 rings (SSSR count). The first-order valence-corrected chi connectivity index (χ1v) is 6.46. The third kappa shape index (κ3) is 4.41. The topological polar surface area (TPSA) is 30.5 Å². The molecule has 0 fully saturated rings. The van der Waals surface area contributed by atoms with Gasteiger partial charge in [-0.2, -0.15) is 0 Å². The average Bonchev–Trinajstić information content (AvgIpc) is 2.32. The number of methoxy groups -OCH3 is 1. The third-order valence-electron chi connectivity index (χ3n) is 3.07. The highest BCUT2D eigenvalue weighted by Crippen LogP contribution is 2.20. The molecule has 0 saturated carbocycles. The summed E-state index contributed by atoms with van der Waals surface area (Å²) in [4.78, 5) is 0. The van der Waals surface area contributed by atoms with Crippen LogP contribution in [0.3, 0.4) is 0 Å². The Bertz CT molecular complexity index is 337. The van der Waals surface area contributed by atoms with Crippen molar-refractivity contribution in [2.75, 3.05) is 20.8 Å². The fourth-order valence-corrected chi connectivity index (χ4v) is 2.17. The van der Waals surface area contributed by atoms with Gasteiger partial charge in [0.25, 0.3) is 0 Å². The second kappa shape index (κ2) is 7.52. The maximum Gasteiger partial charge on any atom is 0.0784 e. The van der Waals surface area contributed by atoms with Crippen molar-refractivity contribution in [3.8, 4) is 0 Å². The van der Waals surface area contributed by atoms with E-state index in [0.29, 0.717) is 6.61 Å². The lowest BCUT2D eigenvalue weighted by molar-refractivity contribution is -0.0448. The summed E-state index contributed by atoms with van der Waals surface area (Å²) in [5, 5.41) is 3.32. The zero-order valence-electron chi connectivity index (χ0n) is 12.1. The number of hydrogen-bond acceptors (Lipinski definition) is 3. The molecule has 3 atom stereocenters. The fourth-order valence-electron chi connectivity index (χ4n) is 2.17. The number of likely N-dealkylation sites (N-methyl/N-ethyl adjacent to an activating group) is 1. The average molecular weight is 251 g/mol. The van der Waals surface area contributed by atoms with Crippen LogP contribution in [-0.2, 0) is 9.47 Å². The lowest BCUT2D eigenvalue weighted by Crippen LogP contribution is -2.33. The van der Waals surface area contributed by atoms with Gasteiger partial charge in [-0.05, 0) is 33.4 Å². The molecule has 1 N–H and O–H groups in total. The summed E-state index contributed by atoms with van der Waals surface area (Å²) in [6, 6.07) is 8.76. The molecule has 0 aliphatic rings. The van der Waals surface area contributed by atoms with Crippen LogP contribution in [0.4, 0.5) is 0 Å². The molecular formula is C15H25NO2. The third-order valence-corrected chi connectivity index (χ3v) is 3.07. The predicted molar refractivity (Wildman–Crippen MR) is 74.9 cm³/mol.